The molecule has 118 valence electrons. The molecule has 0 heterocycles. The SMILES string of the molecule is CC1(C)[C@H]2CC[C@]1(C)C(=NOC(=O)c1ccc(Cl)cc1Cl)C2. The van der Waals surface area contributed by atoms with Crippen molar-refractivity contribution in [1.29, 1.82) is 0 Å². The van der Waals surface area contributed by atoms with E-state index in [2.05, 4.69) is 25.9 Å². The van der Waals surface area contributed by atoms with Gasteiger partial charge in [-0.2, -0.15) is 0 Å². The van der Waals surface area contributed by atoms with Crippen LogP contribution < -0.4 is 0 Å². The lowest BCUT2D eigenvalue weighted by Gasteiger charge is -2.34. The van der Waals surface area contributed by atoms with Crippen LogP contribution in [0.2, 0.25) is 10.0 Å². The number of halogens is 2. The number of carbonyl (C=O) groups is 1. The molecule has 0 aromatic heterocycles. The third-order valence-electron chi connectivity index (χ3n) is 5.90. The van der Waals surface area contributed by atoms with Gasteiger partial charge >= 0.3 is 5.97 Å². The molecule has 2 atom stereocenters. The Morgan fingerprint density at radius 2 is 2.05 bits per heavy atom. The predicted octanol–water partition coefficient (Wildman–Crippen LogP) is 5.35. The topological polar surface area (TPSA) is 38.7 Å². The number of rotatable bonds is 2. The Kier molecular flexibility index (Phi) is 3.77. The van der Waals surface area contributed by atoms with Gasteiger partial charge in [0.15, 0.2) is 0 Å². The standard InChI is InChI=1S/C17H19Cl2NO2/c1-16(2)10-6-7-17(16,3)14(8-10)20-22-15(21)12-5-4-11(18)9-13(12)19/h4-5,9-10H,6-8H2,1-3H3/t10-,17+/m0/s1. The lowest BCUT2D eigenvalue weighted by atomic mass is 9.70. The Hall–Kier alpha value is -1.06. The third kappa shape index (κ3) is 2.26. The molecule has 2 aliphatic rings. The summed E-state index contributed by atoms with van der Waals surface area (Å²) in [7, 11) is 0. The van der Waals surface area contributed by atoms with E-state index in [1.807, 2.05) is 0 Å². The van der Waals surface area contributed by atoms with E-state index in [4.69, 9.17) is 28.0 Å². The molecule has 3 rings (SSSR count). The van der Waals surface area contributed by atoms with E-state index in [-0.39, 0.29) is 21.4 Å². The van der Waals surface area contributed by atoms with Crippen LogP contribution in [0.1, 0.15) is 50.4 Å². The Labute approximate surface area is 140 Å². The van der Waals surface area contributed by atoms with Gasteiger partial charge in [0.1, 0.15) is 0 Å². The summed E-state index contributed by atoms with van der Waals surface area (Å²) in [5.41, 5.74) is 1.49. The number of hydrogen-bond acceptors (Lipinski definition) is 3. The summed E-state index contributed by atoms with van der Waals surface area (Å²) in [6, 6.07) is 4.69. The first-order valence-corrected chi connectivity index (χ1v) is 8.25. The van der Waals surface area contributed by atoms with Crippen LogP contribution in [-0.2, 0) is 4.84 Å². The molecule has 0 aliphatic heterocycles. The Morgan fingerprint density at radius 1 is 1.32 bits per heavy atom. The molecule has 0 amide bonds. The molecule has 2 saturated carbocycles. The summed E-state index contributed by atoms with van der Waals surface area (Å²) < 4.78 is 0. The molecular formula is C17H19Cl2NO2. The molecule has 0 spiro atoms. The van der Waals surface area contributed by atoms with E-state index in [0.717, 1.165) is 18.6 Å². The smallest absolute Gasteiger partial charge is 0.313 e. The highest BCUT2D eigenvalue weighted by atomic mass is 35.5. The molecule has 1 aromatic carbocycles. The molecule has 22 heavy (non-hydrogen) atoms. The second kappa shape index (κ2) is 5.24. The summed E-state index contributed by atoms with van der Waals surface area (Å²) >= 11 is 11.9. The van der Waals surface area contributed by atoms with Crippen molar-refractivity contribution in [3.8, 4) is 0 Å². The molecule has 3 nitrogen and oxygen atoms in total. The van der Waals surface area contributed by atoms with Crippen molar-refractivity contribution in [1.82, 2.24) is 0 Å². The fourth-order valence-electron chi connectivity index (χ4n) is 3.87. The summed E-state index contributed by atoms with van der Waals surface area (Å²) in [6.07, 6.45) is 3.23. The van der Waals surface area contributed by atoms with E-state index in [1.54, 1.807) is 12.1 Å². The van der Waals surface area contributed by atoms with Crippen LogP contribution in [0.3, 0.4) is 0 Å². The van der Waals surface area contributed by atoms with Gasteiger partial charge in [-0.15, -0.1) is 0 Å². The van der Waals surface area contributed by atoms with Crippen molar-refractivity contribution in [3.05, 3.63) is 33.8 Å². The summed E-state index contributed by atoms with van der Waals surface area (Å²) in [5.74, 6) is 0.0763. The van der Waals surface area contributed by atoms with Crippen LogP contribution in [0.15, 0.2) is 23.4 Å². The summed E-state index contributed by atoms with van der Waals surface area (Å²) in [6.45, 7) is 6.79. The zero-order valence-corrected chi connectivity index (χ0v) is 14.5. The Bertz CT molecular complexity index is 669. The van der Waals surface area contributed by atoms with Crippen LogP contribution in [0, 0.1) is 16.7 Å². The largest absolute Gasteiger partial charge is 0.367 e. The van der Waals surface area contributed by atoms with Gasteiger partial charge in [-0.1, -0.05) is 49.1 Å². The average Bonchev–Trinajstić information content (AvgIpc) is 2.77. The van der Waals surface area contributed by atoms with Crippen molar-refractivity contribution in [2.75, 3.05) is 0 Å². The maximum absolute atomic E-state index is 12.1. The van der Waals surface area contributed by atoms with Crippen molar-refractivity contribution < 1.29 is 9.63 Å². The molecule has 5 heteroatoms. The van der Waals surface area contributed by atoms with Crippen molar-refractivity contribution in [3.63, 3.8) is 0 Å². The normalized spacial score (nSPS) is 30.8. The van der Waals surface area contributed by atoms with E-state index < -0.39 is 5.97 Å². The number of benzene rings is 1. The highest BCUT2D eigenvalue weighted by Crippen LogP contribution is 2.64. The highest BCUT2D eigenvalue weighted by Gasteiger charge is 2.60. The molecule has 0 N–H and O–H groups in total. The third-order valence-corrected chi connectivity index (χ3v) is 6.45. The monoisotopic (exact) mass is 339 g/mol. The Balaban J connectivity index is 1.79. The zero-order valence-electron chi connectivity index (χ0n) is 13.0. The predicted molar refractivity (Wildman–Crippen MR) is 88.5 cm³/mol. The van der Waals surface area contributed by atoms with Gasteiger partial charge in [0.2, 0.25) is 0 Å². The van der Waals surface area contributed by atoms with Crippen LogP contribution in [0.4, 0.5) is 0 Å². The van der Waals surface area contributed by atoms with Crippen molar-refractivity contribution in [2.45, 2.75) is 40.0 Å². The maximum atomic E-state index is 12.1. The average molecular weight is 340 g/mol. The first-order chi connectivity index (χ1) is 10.3. The van der Waals surface area contributed by atoms with E-state index in [9.17, 15) is 4.79 Å². The number of carbonyl (C=O) groups excluding carboxylic acids is 1. The highest BCUT2D eigenvalue weighted by molar-refractivity contribution is 6.36. The van der Waals surface area contributed by atoms with Gasteiger partial charge in [0.25, 0.3) is 0 Å². The number of nitrogens with zero attached hydrogens (tertiary/aromatic N) is 1. The first-order valence-electron chi connectivity index (χ1n) is 7.49. The molecule has 0 unspecified atom stereocenters. The van der Waals surface area contributed by atoms with Gasteiger partial charge in [-0.3, -0.25) is 0 Å². The second-order valence-electron chi connectivity index (χ2n) is 7.03. The second-order valence-corrected chi connectivity index (χ2v) is 7.88. The number of oxime groups is 1. The minimum absolute atomic E-state index is 0.0156. The van der Waals surface area contributed by atoms with Gasteiger partial charge in [0, 0.05) is 10.4 Å². The van der Waals surface area contributed by atoms with Gasteiger partial charge in [-0.05, 0) is 48.8 Å². The molecular weight excluding hydrogens is 321 g/mol. The molecule has 1 aromatic rings. The Morgan fingerprint density at radius 3 is 2.59 bits per heavy atom. The van der Waals surface area contributed by atoms with E-state index >= 15 is 0 Å². The molecule has 0 radical (unpaired) electrons. The van der Waals surface area contributed by atoms with Crippen LogP contribution in [0.25, 0.3) is 0 Å². The molecule has 2 bridgehead atoms. The van der Waals surface area contributed by atoms with E-state index in [1.165, 1.54) is 12.5 Å². The minimum atomic E-state index is -0.543. The lowest BCUT2D eigenvalue weighted by molar-refractivity contribution is 0.0508. The zero-order chi connectivity index (χ0) is 16.1. The summed E-state index contributed by atoms with van der Waals surface area (Å²) in [4.78, 5) is 17.3. The number of fused-ring (bicyclic) bond motifs is 2. The molecule has 0 saturated heterocycles. The quantitative estimate of drug-likeness (QED) is 0.537. The minimum Gasteiger partial charge on any atom is -0.313 e. The van der Waals surface area contributed by atoms with Gasteiger partial charge < -0.3 is 4.84 Å². The fourth-order valence-corrected chi connectivity index (χ4v) is 4.35. The van der Waals surface area contributed by atoms with Gasteiger partial charge in [0.05, 0.1) is 16.3 Å². The van der Waals surface area contributed by atoms with Crippen LogP contribution in [0.5, 0.6) is 0 Å². The number of hydrogen-bond donors (Lipinski definition) is 0. The summed E-state index contributed by atoms with van der Waals surface area (Å²) in [5, 5.41) is 4.95. The first kappa shape index (κ1) is 15.8. The van der Waals surface area contributed by atoms with Crippen molar-refractivity contribution >= 4 is 34.9 Å². The van der Waals surface area contributed by atoms with Crippen molar-refractivity contribution in [2.24, 2.45) is 21.9 Å². The lowest BCUT2D eigenvalue weighted by Crippen LogP contribution is -2.32. The molecule has 2 aliphatic carbocycles. The van der Waals surface area contributed by atoms with E-state index in [0.29, 0.717) is 10.9 Å². The fraction of sp³-hybridized carbons (Fsp3) is 0.529. The van der Waals surface area contributed by atoms with Gasteiger partial charge in [-0.25, -0.2) is 4.79 Å². The van der Waals surface area contributed by atoms with Crippen LogP contribution in [-0.4, -0.2) is 11.7 Å². The van der Waals surface area contributed by atoms with Crippen LogP contribution >= 0.6 is 23.2 Å². The maximum Gasteiger partial charge on any atom is 0.367 e. The molecule has 2 fully saturated rings.